The minimum atomic E-state index is -1.38. The number of likely N-dealkylation sites (tertiary alicyclic amines) is 1. The lowest BCUT2D eigenvalue weighted by Gasteiger charge is -2.39. The van der Waals surface area contributed by atoms with Crippen LogP contribution in [0.4, 0.5) is 4.79 Å². The molecule has 1 aliphatic carbocycles. The van der Waals surface area contributed by atoms with Crippen LogP contribution in [-0.4, -0.2) is 52.2 Å². The van der Waals surface area contributed by atoms with Crippen molar-refractivity contribution < 1.29 is 24.6 Å². The number of carbonyl (C=O) groups is 3. The first kappa shape index (κ1) is 15.6. The van der Waals surface area contributed by atoms with E-state index in [1.807, 2.05) is 0 Å². The van der Waals surface area contributed by atoms with Crippen LogP contribution in [0, 0.1) is 5.41 Å². The molecule has 1 atom stereocenters. The van der Waals surface area contributed by atoms with Crippen LogP contribution in [0.5, 0.6) is 0 Å². The van der Waals surface area contributed by atoms with Gasteiger partial charge in [-0.25, -0.2) is 9.59 Å². The smallest absolute Gasteiger partial charge is 0.326 e. The number of piperidine rings is 1. The highest BCUT2D eigenvalue weighted by atomic mass is 16.4. The molecule has 2 fully saturated rings. The number of aliphatic carboxylic acids is 2. The largest absolute Gasteiger partial charge is 0.481 e. The number of nitrogens with zero attached hydrogens (tertiary/aromatic N) is 1. The normalized spacial score (nSPS) is 22.0. The number of carboxylic acid groups (broad SMARTS) is 2. The Morgan fingerprint density at radius 2 is 1.62 bits per heavy atom. The molecule has 1 spiro atoms. The molecule has 1 aliphatic heterocycles. The zero-order valence-corrected chi connectivity index (χ0v) is 12.0. The summed E-state index contributed by atoms with van der Waals surface area (Å²) >= 11 is 0. The topological polar surface area (TPSA) is 107 Å². The van der Waals surface area contributed by atoms with E-state index in [1.54, 1.807) is 4.90 Å². The first-order valence-corrected chi connectivity index (χ1v) is 7.42. The fraction of sp³-hybridized carbons (Fsp3) is 0.786. The Hall–Kier alpha value is -1.79. The molecule has 7 nitrogen and oxygen atoms in total. The van der Waals surface area contributed by atoms with Crippen LogP contribution in [0.25, 0.3) is 0 Å². The van der Waals surface area contributed by atoms with Crippen LogP contribution in [-0.2, 0) is 9.59 Å². The predicted octanol–water partition coefficient (Wildman–Crippen LogP) is 1.28. The van der Waals surface area contributed by atoms with Crippen molar-refractivity contribution >= 4 is 18.0 Å². The number of amides is 2. The van der Waals surface area contributed by atoms with E-state index in [4.69, 9.17) is 10.2 Å². The van der Waals surface area contributed by atoms with E-state index in [0.29, 0.717) is 18.5 Å². The van der Waals surface area contributed by atoms with Gasteiger partial charge in [0.25, 0.3) is 0 Å². The molecule has 0 radical (unpaired) electrons. The van der Waals surface area contributed by atoms with E-state index in [2.05, 4.69) is 5.32 Å². The van der Waals surface area contributed by atoms with Gasteiger partial charge in [-0.2, -0.15) is 0 Å². The van der Waals surface area contributed by atoms with E-state index >= 15 is 0 Å². The van der Waals surface area contributed by atoms with Crippen molar-refractivity contribution in [3.05, 3.63) is 0 Å². The molecule has 2 amide bonds. The van der Waals surface area contributed by atoms with Crippen molar-refractivity contribution in [1.82, 2.24) is 10.2 Å². The lowest BCUT2D eigenvalue weighted by Crippen LogP contribution is -2.51. The maximum atomic E-state index is 12.1. The van der Waals surface area contributed by atoms with Gasteiger partial charge in [-0.1, -0.05) is 12.8 Å². The molecule has 3 N–H and O–H groups in total. The highest BCUT2D eigenvalue weighted by molar-refractivity contribution is 5.86. The Labute approximate surface area is 123 Å². The molecule has 2 aliphatic rings. The lowest BCUT2D eigenvalue weighted by atomic mass is 9.77. The Kier molecular flexibility index (Phi) is 4.69. The summed E-state index contributed by atoms with van der Waals surface area (Å²) in [6.07, 6.45) is 6.25. The summed E-state index contributed by atoms with van der Waals surface area (Å²) in [5.74, 6) is -2.57. The number of nitrogens with one attached hydrogen (secondary N) is 1. The molecule has 1 saturated carbocycles. The Balaban J connectivity index is 1.86. The molecule has 118 valence electrons. The fourth-order valence-corrected chi connectivity index (χ4v) is 3.42. The van der Waals surface area contributed by atoms with Gasteiger partial charge in [-0.05, 0) is 31.1 Å². The first-order valence-electron chi connectivity index (χ1n) is 7.42. The van der Waals surface area contributed by atoms with Crippen molar-refractivity contribution in [2.45, 2.75) is 51.0 Å². The Bertz CT molecular complexity index is 421. The van der Waals surface area contributed by atoms with Gasteiger partial charge in [0, 0.05) is 13.1 Å². The van der Waals surface area contributed by atoms with E-state index < -0.39 is 30.4 Å². The molecule has 0 aromatic heterocycles. The third-order valence-electron chi connectivity index (χ3n) is 4.75. The van der Waals surface area contributed by atoms with Crippen molar-refractivity contribution in [1.29, 1.82) is 0 Å². The second kappa shape index (κ2) is 6.32. The summed E-state index contributed by atoms with van der Waals surface area (Å²) in [6.45, 7) is 1.23. The molecule has 2 rings (SSSR count). The summed E-state index contributed by atoms with van der Waals surface area (Å²) in [6, 6.07) is -1.85. The molecule has 1 heterocycles. The first-order chi connectivity index (χ1) is 9.92. The molecular formula is C14H22N2O5. The second-order valence-corrected chi connectivity index (χ2v) is 6.13. The standard InChI is InChI=1S/C14H22N2O5/c17-11(18)9-10(12(19)20)15-13(21)16-7-5-14(6-8-16)3-1-2-4-14/h10H,1-9H2,(H,15,21)(H,17,18)(H,19,20)/t10-/m1/s1. The molecule has 0 bridgehead atoms. The van der Waals surface area contributed by atoms with Crippen molar-refractivity contribution in [2.75, 3.05) is 13.1 Å². The number of rotatable bonds is 4. The fourth-order valence-electron chi connectivity index (χ4n) is 3.42. The highest BCUT2D eigenvalue weighted by Crippen LogP contribution is 2.46. The molecule has 0 aromatic carbocycles. The van der Waals surface area contributed by atoms with E-state index in [9.17, 15) is 14.4 Å². The van der Waals surface area contributed by atoms with Crippen LogP contribution in [0.2, 0.25) is 0 Å². The maximum absolute atomic E-state index is 12.1. The zero-order valence-electron chi connectivity index (χ0n) is 12.0. The van der Waals surface area contributed by atoms with Gasteiger partial charge in [-0.15, -0.1) is 0 Å². The molecule has 0 unspecified atom stereocenters. The molecule has 7 heteroatoms. The Morgan fingerprint density at radius 3 is 2.10 bits per heavy atom. The number of carboxylic acids is 2. The van der Waals surface area contributed by atoms with Gasteiger partial charge in [0.1, 0.15) is 6.04 Å². The number of urea groups is 1. The molecule has 1 saturated heterocycles. The van der Waals surface area contributed by atoms with Gasteiger partial charge in [0.15, 0.2) is 0 Å². The SMILES string of the molecule is O=C(O)C[C@@H](NC(=O)N1CCC2(CCCC2)CC1)C(=O)O. The van der Waals surface area contributed by atoms with Gasteiger partial charge < -0.3 is 20.4 Å². The van der Waals surface area contributed by atoms with Gasteiger partial charge in [-0.3, -0.25) is 4.79 Å². The third kappa shape index (κ3) is 3.86. The van der Waals surface area contributed by atoms with Crippen LogP contribution >= 0.6 is 0 Å². The van der Waals surface area contributed by atoms with Gasteiger partial charge >= 0.3 is 18.0 Å². The van der Waals surface area contributed by atoms with Gasteiger partial charge in [0.2, 0.25) is 0 Å². The maximum Gasteiger partial charge on any atom is 0.326 e. The van der Waals surface area contributed by atoms with E-state index in [-0.39, 0.29) is 0 Å². The predicted molar refractivity (Wildman–Crippen MR) is 73.9 cm³/mol. The summed E-state index contributed by atoms with van der Waals surface area (Å²) < 4.78 is 0. The minimum absolute atomic E-state index is 0.379. The second-order valence-electron chi connectivity index (χ2n) is 6.13. The van der Waals surface area contributed by atoms with Crippen molar-refractivity contribution in [3.63, 3.8) is 0 Å². The molecule has 21 heavy (non-hydrogen) atoms. The summed E-state index contributed by atoms with van der Waals surface area (Å²) in [4.78, 5) is 35.2. The summed E-state index contributed by atoms with van der Waals surface area (Å²) in [5.41, 5.74) is 0.379. The highest BCUT2D eigenvalue weighted by Gasteiger charge is 2.38. The molecule has 0 aromatic rings. The summed E-state index contributed by atoms with van der Waals surface area (Å²) in [7, 11) is 0. The number of carbonyl (C=O) groups excluding carboxylic acids is 1. The van der Waals surface area contributed by atoms with Crippen molar-refractivity contribution in [3.8, 4) is 0 Å². The number of hydrogen-bond acceptors (Lipinski definition) is 3. The minimum Gasteiger partial charge on any atom is -0.481 e. The van der Waals surface area contributed by atoms with E-state index in [1.165, 1.54) is 25.7 Å². The van der Waals surface area contributed by atoms with E-state index in [0.717, 1.165) is 12.8 Å². The van der Waals surface area contributed by atoms with Gasteiger partial charge in [0.05, 0.1) is 6.42 Å². The summed E-state index contributed by atoms with van der Waals surface area (Å²) in [5, 5.41) is 19.9. The quantitative estimate of drug-likeness (QED) is 0.724. The monoisotopic (exact) mass is 298 g/mol. The van der Waals surface area contributed by atoms with Crippen LogP contribution in [0.15, 0.2) is 0 Å². The van der Waals surface area contributed by atoms with Crippen LogP contribution in [0.3, 0.4) is 0 Å². The lowest BCUT2D eigenvalue weighted by molar-refractivity contribution is -0.145. The van der Waals surface area contributed by atoms with Crippen LogP contribution in [0.1, 0.15) is 44.9 Å². The van der Waals surface area contributed by atoms with Crippen LogP contribution < -0.4 is 5.32 Å². The van der Waals surface area contributed by atoms with Crippen molar-refractivity contribution in [2.24, 2.45) is 5.41 Å². The molecular weight excluding hydrogens is 276 g/mol. The number of hydrogen-bond donors (Lipinski definition) is 3. The third-order valence-corrected chi connectivity index (χ3v) is 4.75. The zero-order chi connectivity index (χ0) is 15.5. The average Bonchev–Trinajstić information content (AvgIpc) is 2.86. The average molecular weight is 298 g/mol. The Morgan fingerprint density at radius 1 is 1.05 bits per heavy atom.